The summed E-state index contributed by atoms with van der Waals surface area (Å²) in [5.41, 5.74) is 4.10. The highest BCUT2D eigenvalue weighted by Crippen LogP contribution is 2.36. The summed E-state index contributed by atoms with van der Waals surface area (Å²) in [7, 11) is 0. The fourth-order valence-corrected chi connectivity index (χ4v) is 1.74. The van der Waals surface area contributed by atoms with E-state index in [1.165, 1.54) is 16.9 Å². The zero-order valence-corrected chi connectivity index (χ0v) is 8.44. The summed E-state index contributed by atoms with van der Waals surface area (Å²) in [5, 5.41) is 6.67. The van der Waals surface area contributed by atoms with E-state index in [1.54, 1.807) is 0 Å². The van der Waals surface area contributed by atoms with Gasteiger partial charge >= 0.3 is 0 Å². The van der Waals surface area contributed by atoms with E-state index in [0.29, 0.717) is 0 Å². The summed E-state index contributed by atoms with van der Waals surface area (Å²) in [5.74, 6) is 0. The van der Waals surface area contributed by atoms with Crippen LogP contribution in [-0.4, -0.2) is 6.67 Å². The van der Waals surface area contributed by atoms with Crippen molar-refractivity contribution in [3.63, 3.8) is 0 Å². The third-order valence-corrected chi connectivity index (χ3v) is 2.42. The van der Waals surface area contributed by atoms with Crippen molar-refractivity contribution in [2.45, 2.75) is 26.2 Å². The predicted octanol–water partition coefficient (Wildman–Crippen LogP) is 2.78. The van der Waals surface area contributed by atoms with Gasteiger partial charge in [0.05, 0.1) is 18.0 Å². The van der Waals surface area contributed by atoms with Gasteiger partial charge in [-0.05, 0) is 17.0 Å². The molecule has 0 radical (unpaired) electrons. The number of hydrogen-bond donors (Lipinski definition) is 2. The van der Waals surface area contributed by atoms with Crippen molar-refractivity contribution in [3.05, 3.63) is 23.8 Å². The van der Waals surface area contributed by atoms with Crippen LogP contribution < -0.4 is 10.6 Å². The Morgan fingerprint density at radius 2 is 1.92 bits per heavy atom. The minimum absolute atomic E-state index is 0.213. The van der Waals surface area contributed by atoms with Crippen LogP contribution in [0.4, 0.5) is 11.4 Å². The molecule has 13 heavy (non-hydrogen) atoms. The molecule has 1 aromatic rings. The second-order valence-corrected chi connectivity index (χ2v) is 4.51. The number of anilines is 2. The predicted molar refractivity (Wildman–Crippen MR) is 57.3 cm³/mol. The van der Waals surface area contributed by atoms with Crippen LogP contribution in [0, 0.1) is 0 Å². The Morgan fingerprint density at radius 1 is 1.15 bits per heavy atom. The van der Waals surface area contributed by atoms with Crippen LogP contribution in [0.2, 0.25) is 0 Å². The van der Waals surface area contributed by atoms with Crippen molar-refractivity contribution in [1.29, 1.82) is 0 Å². The summed E-state index contributed by atoms with van der Waals surface area (Å²) < 4.78 is 0. The molecule has 0 bridgehead atoms. The normalized spacial score (nSPS) is 14.7. The molecule has 0 aliphatic carbocycles. The van der Waals surface area contributed by atoms with Gasteiger partial charge in [0.1, 0.15) is 0 Å². The molecule has 70 valence electrons. The molecular weight excluding hydrogens is 160 g/mol. The van der Waals surface area contributed by atoms with E-state index in [1.807, 2.05) is 0 Å². The van der Waals surface area contributed by atoms with E-state index in [4.69, 9.17) is 0 Å². The molecule has 0 spiro atoms. The minimum Gasteiger partial charge on any atom is -0.366 e. The molecule has 0 unspecified atom stereocenters. The molecule has 0 atom stereocenters. The highest BCUT2D eigenvalue weighted by molar-refractivity contribution is 5.77. The van der Waals surface area contributed by atoms with Crippen molar-refractivity contribution in [2.24, 2.45) is 0 Å². The molecule has 0 saturated heterocycles. The van der Waals surface area contributed by atoms with E-state index in [0.717, 1.165) is 6.67 Å². The van der Waals surface area contributed by atoms with Crippen LogP contribution in [0.5, 0.6) is 0 Å². The third-order valence-electron chi connectivity index (χ3n) is 2.42. The topological polar surface area (TPSA) is 24.1 Å². The molecule has 1 aliphatic rings. The van der Waals surface area contributed by atoms with Gasteiger partial charge in [0, 0.05) is 0 Å². The van der Waals surface area contributed by atoms with Crippen molar-refractivity contribution in [3.8, 4) is 0 Å². The van der Waals surface area contributed by atoms with Crippen molar-refractivity contribution >= 4 is 11.4 Å². The zero-order valence-electron chi connectivity index (χ0n) is 8.44. The Hall–Kier alpha value is -1.18. The lowest BCUT2D eigenvalue weighted by molar-refractivity contribution is 0.592. The maximum atomic E-state index is 3.36. The molecular formula is C11H16N2. The Kier molecular flexibility index (Phi) is 1.72. The number of hydrogen-bond acceptors (Lipinski definition) is 2. The first-order chi connectivity index (χ1) is 6.09. The molecule has 2 heteroatoms. The zero-order chi connectivity index (χ0) is 9.47. The van der Waals surface area contributed by atoms with Gasteiger partial charge in [-0.25, -0.2) is 0 Å². The lowest BCUT2D eigenvalue weighted by atomic mass is 9.85. The van der Waals surface area contributed by atoms with Crippen molar-refractivity contribution in [2.75, 3.05) is 17.3 Å². The van der Waals surface area contributed by atoms with E-state index < -0.39 is 0 Å². The van der Waals surface area contributed by atoms with Crippen molar-refractivity contribution < 1.29 is 0 Å². The van der Waals surface area contributed by atoms with Gasteiger partial charge in [0.25, 0.3) is 0 Å². The van der Waals surface area contributed by atoms with E-state index >= 15 is 0 Å². The Balaban J connectivity index is 2.54. The monoisotopic (exact) mass is 176 g/mol. The standard InChI is InChI=1S/C11H16N2/c1-11(2,3)8-5-4-6-9-10(8)13-7-12-9/h4-6,12-13H,7H2,1-3H3. The SMILES string of the molecule is CC(C)(C)c1cccc2c1NCN2. The largest absolute Gasteiger partial charge is 0.366 e. The lowest BCUT2D eigenvalue weighted by Crippen LogP contribution is -2.13. The minimum atomic E-state index is 0.213. The Bertz CT molecular complexity index is 323. The summed E-state index contributed by atoms with van der Waals surface area (Å²) in [4.78, 5) is 0. The fraction of sp³-hybridized carbons (Fsp3) is 0.455. The summed E-state index contributed by atoms with van der Waals surface area (Å²) in [6.07, 6.45) is 0. The van der Waals surface area contributed by atoms with Crippen LogP contribution in [-0.2, 0) is 5.41 Å². The molecule has 1 heterocycles. The first-order valence-corrected chi connectivity index (χ1v) is 4.70. The van der Waals surface area contributed by atoms with Crippen LogP contribution in [0.25, 0.3) is 0 Å². The van der Waals surface area contributed by atoms with Gasteiger partial charge in [0.2, 0.25) is 0 Å². The van der Waals surface area contributed by atoms with E-state index in [-0.39, 0.29) is 5.41 Å². The number of rotatable bonds is 0. The fourth-order valence-electron chi connectivity index (χ4n) is 1.74. The number of para-hydroxylation sites is 1. The van der Waals surface area contributed by atoms with Crippen LogP contribution in [0.1, 0.15) is 26.3 Å². The smallest absolute Gasteiger partial charge is 0.0850 e. The number of benzene rings is 1. The first kappa shape index (κ1) is 8.42. The Labute approximate surface area is 79.4 Å². The molecule has 1 aliphatic heterocycles. The number of fused-ring (bicyclic) bond motifs is 1. The lowest BCUT2D eigenvalue weighted by Gasteiger charge is -2.21. The highest BCUT2D eigenvalue weighted by Gasteiger charge is 2.21. The maximum absolute atomic E-state index is 3.36. The summed E-state index contributed by atoms with van der Waals surface area (Å²) >= 11 is 0. The highest BCUT2D eigenvalue weighted by atomic mass is 15.1. The van der Waals surface area contributed by atoms with Crippen LogP contribution in [0.3, 0.4) is 0 Å². The molecule has 2 nitrogen and oxygen atoms in total. The third kappa shape index (κ3) is 1.37. The van der Waals surface area contributed by atoms with Gasteiger partial charge in [0.15, 0.2) is 0 Å². The van der Waals surface area contributed by atoms with E-state index in [9.17, 15) is 0 Å². The van der Waals surface area contributed by atoms with Crippen LogP contribution in [0.15, 0.2) is 18.2 Å². The van der Waals surface area contributed by atoms with Gasteiger partial charge in [-0.15, -0.1) is 0 Å². The van der Waals surface area contributed by atoms with Gasteiger partial charge in [-0.3, -0.25) is 0 Å². The summed E-state index contributed by atoms with van der Waals surface area (Å²) in [6.45, 7) is 7.57. The number of nitrogens with one attached hydrogen (secondary N) is 2. The summed E-state index contributed by atoms with van der Waals surface area (Å²) in [6, 6.07) is 6.42. The molecule has 0 fully saturated rings. The quantitative estimate of drug-likeness (QED) is 0.635. The van der Waals surface area contributed by atoms with Crippen LogP contribution >= 0.6 is 0 Å². The molecule has 1 aromatic carbocycles. The average Bonchev–Trinajstić information content (AvgIpc) is 2.48. The van der Waals surface area contributed by atoms with Gasteiger partial charge in [-0.2, -0.15) is 0 Å². The molecule has 2 rings (SSSR count). The van der Waals surface area contributed by atoms with Crippen molar-refractivity contribution in [1.82, 2.24) is 0 Å². The second kappa shape index (κ2) is 2.66. The average molecular weight is 176 g/mol. The molecule has 2 N–H and O–H groups in total. The molecule has 0 aromatic heterocycles. The maximum Gasteiger partial charge on any atom is 0.0850 e. The second-order valence-electron chi connectivity index (χ2n) is 4.51. The van der Waals surface area contributed by atoms with Gasteiger partial charge in [-0.1, -0.05) is 32.9 Å². The first-order valence-electron chi connectivity index (χ1n) is 4.70. The molecule has 0 amide bonds. The molecule has 0 saturated carbocycles. The van der Waals surface area contributed by atoms with E-state index in [2.05, 4.69) is 49.6 Å². The Morgan fingerprint density at radius 3 is 2.62 bits per heavy atom. The van der Waals surface area contributed by atoms with Gasteiger partial charge < -0.3 is 10.6 Å².